The number of fused-ring (bicyclic) bond motifs is 1. The lowest BCUT2D eigenvalue weighted by Crippen LogP contribution is -2.26. The highest BCUT2D eigenvalue weighted by molar-refractivity contribution is 7.89. The number of halogens is 3. The Morgan fingerprint density at radius 1 is 1.20 bits per heavy atom. The summed E-state index contributed by atoms with van der Waals surface area (Å²) in [5, 5.41) is 13.5. The molecule has 0 spiro atoms. The van der Waals surface area contributed by atoms with Crippen LogP contribution in [0.4, 0.5) is 4.39 Å². The van der Waals surface area contributed by atoms with Gasteiger partial charge in [-0.2, -0.15) is 0 Å². The number of rotatable bonds is 7. The first-order valence-corrected chi connectivity index (χ1v) is 11.0. The number of nitrogens with one attached hydrogen (secondary N) is 2. The van der Waals surface area contributed by atoms with Crippen LogP contribution in [0.5, 0.6) is 5.75 Å². The monoisotopic (exact) mass is 471 g/mol. The second-order valence-electron chi connectivity index (χ2n) is 6.22. The Hall–Kier alpha value is -2.46. The third kappa shape index (κ3) is 4.81. The molecule has 0 bridgehead atoms. The van der Waals surface area contributed by atoms with Crippen molar-refractivity contribution in [1.82, 2.24) is 15.0 Å². The summed E-state index contributed by atoms with van der Waals surface area (Å²) in [6.45, 7) is 0.0810. The number of aromatic hydroxyl groups is 1. The normalized spacial score (nSPS) is 11.6. The van der Waals surface area contributed by atoms with E-state index in [0.717, 1.165) is 23.9 Å². The SMILES string of the molecule is O=C(NCc1ccc(Cl)cc1)c1cnc2c(S(=O)(=O)NCCCl)cc(F)cc2c1O. The third-order valence-electron chi connectivity index (χ3n) is 4.16. The highest BCUT2D eigenvalue weighted by Crippen LogP contribution is 2.32. The molecule has 3 rings (SSSR count). The van der Waals surface area contributed by atoms with E-state index in [4.69, 9.17) is 23.2 Å². The van der Waals surface area contributed by atoms with Crippen molar-refractivity contribution in [3.05, 3.63) is 64.6 Å². The molecular weight excluding hydrogens is 456 g/mol. The van der Waals surface area contributed by atoms with Gasteiger partial charge in [-0.15, -0.1) is 11.6 Å². The highest BCUT2D eigenvalue weighted by Gasteiger charge is 2.23. The van der Waals surface area contributed by atoms with Gasteiger partial charge < -0.3 is 10.4 Å². The van der Waals surface area contributed by atoms with Gasteiger partial charge in [-0.05, 0) is 29.8 Å². The lowest BCUT2D eigenvalue weighted by Gasteiger charge is -2.12. The van der Waals surface area contributed by atoms with E-state index < -0.39 is 32.4 Å². The number of hydrogen-bond acceptors (Lipinski definition) is 5. The number of benzene rings is 2. The van der Waals surface area contributed by atoms with Gasteiger partial charge in [0.05, 0.1) is 5.52 Å². The fourth-order valence-electron chi connectivity index (χ4n) is 2.72. The Morgan fingerprint density at radius 2 is 1.90 bits per heavy atom. The average Bonchev–Trinajstić information content (AvgIpc) is 2.72. The first kappa shape index (κ1) is 22.2. The van der Waals surface area contributed by atoms with Crippen molar-refractivity contribution in [2.24, 2.45) is 0 Å². The number of nitrogens with zero attached hydrogens (tertiary/aromatic N) is 1. The minimum Gasteiger partial charge on any atom is -0.506 e. The molecule has 158 valence electrons. The molecule has 0 atom stereocenters. The molecule has 1 heterocycles. The summed E-state index contributed by atoms with van der Waals surface area (Å²) >= 11 is 11.3. The molecule has 2 aromatic carbocycles. The number of pyridine rings is 1. The van der Waals surface area contributed by atoms with Gasteiger partial charge in [-0.1, -0.05) is 23.7 Å². The Bertz CT molecular complexity index is 1200. The van der Waals surface area contributed by atoms with Crippen LogP contribution in [-0.4, -0.2) is 36.8 Å². The predicted octanol–water partition coefficient (Wildman–Crippen LogP) is 3.18. The van der Waals surface area contributed by atoms with Gasteiger partial charge in [0.25, 0.3) is 5.91 Å². The summed E-state index contributed by atoms with van der Waals surface area (Å²) in [7, 11) is -4.13. The Morgan fingerprint density at radius 3 is 2.57 bits per heavy atom. The molecule has 1 aromatic heterocycles. The van der Waals surface area contributed by atoms with E-state index >= 15 is 0 Å². The molecule has 0 saturated heterocycles. The van der Waals surface area contributed by atoms with Crippen LogP contribution in [0.3, 0.4) is 0 Å². The number of hydrogen-bond donors (Lipinski definition) is 3. The predicted molar refractivity (Wildman–Crippen MR) is 112 cm³/mol. The van der Waals surface area contributed by atoms with E-state index in [0.29, 0.717) is 5.02 Å². The summed E-state index contributed by atoms with van der Waals surface area (Å²) < 4.78 is 41.2. The van der Waals surface area contributed by atoms with Gasteiger partial charge >= 0.3 is 0 Å². The molecule has 3 aromatic rings. The first-order valence-electron chi connectivity index (χ1n) is 8.62. The summed E-state index contributed by atoms with van der Waals surface area (Å²) in [6.07, 6.45) is 1.04. The smallest absolute Gasteiger partial charge is 0.256 e. The lowest BCUT2D eigenvalue weighted by atomic mass is 10.1. The number of carbonyl (C=O) groups is 1. The van der Waals surface area contributed by atoms with Gasteiger partial charge in [0.1, 0.15) is 22.0 Å². The van der Waals surface area contributed by atoms with Crippen molar-refractivity contribution in [3.63, 3.8) is 0 Å². The molecular formula is C19H16Cl2FN3O4S. The van der Waals surface area contributed by atoms with Crippen molar-refractivity contribution in [2.75, 3.05) is 12.4 Å². The summed E-state index contributed by atoms with van der Waals surface area (Å²) in [6, 6.07) is 8.48. The number of carbonyl (C=O) groups excluding carboxylic acids is 1. The largest absolute Gasteiger partial charge is 0.506 e. The van der Waals surface area contributed by atoms with Crippen molar-refractivity contribution in [1.29, 1.82) is 0 Å². The van der Waals surface area contributed by atoms with E-state index in [-0.39, 0.29) is 35.4 Å². The van der Waals surface area contributed by atoms with Crippen LogP contribution in [0.1, 0.15) is 15.9 Å². The molecule has 0 aliphatic carbocycles. The second kappa shape index (κ2) is 9.13. The first-order chi connectivity index (χ1) is 14.2. The van der Waals surface area contributed by atoms with Crippen molar-refractivity contribution < 1.29 is 22.7 Å². The quantitative estimate of drug-likeness (QED) is 0.458. The number of alkyl halides is 1. The molecule has 0 radical (unpaired) electrons. The van der Waals surface area contributed by atoms with E-state index in [1.54, 1.807) is 24.3 Å². The van der Waals surface area contributed by atoms with Gasteiger partial charge in [0.15, 0.2) is 0 Å². The number of aromatic nitrogens is 1. The Balaban J connectivity index is 1.95. The maximum absolute atomic E-state index is 14.1. The van der Waals surface area contributed by atoms with Crippen molar-refractivity contribution in [3.8, 4) is 5.75 Å². The zero-order valence-corrected chi connectivity index (χ0v) is 17.7. The van der Waals surface area contributed by atoms with Crippen LogP contribution in [0.2, 0.25) is 5.02 Å². The number of sulfonamides is 1. The van der Waals surface area contributed by atoms with Crippen LogP contribution in [0.25, 0.3) is 10.9 Å². The summed E-state index contributed by atoms with van der Waals surface area (Å²) in [5.41, 5.74) is 0.370. The molecule has 30 heavy (non-hydrogen) atoms. The molecule has 0 fully saturated rings. The Kier molecular flexibility index (Phi) is 6.77. The fraction of sp³-hybridized carbons (Fsp3) is 0.158. The van der Waals surface area contributed by atoms with E-state index in [2.05, 4.69) is 15.0 Å². The van der Waals surface area contributed by atoms with Gasteiger partial charge in [0.2, 0.25) is 10.0 Å². The molecule has 0 aliphatic rings. The molecule has 7 nitrogen and oxygen atoms in total. The van der Waals surface area contributed by atoms with Crippen molar-refractivity contribution >= 4 is 50.0 Å². The van der Waals surface area contributed by atoms with Crippen molar-refractivity contribution in [2.45, 2.75) is 11.4 Å². The fourth-order valence-corrected chi connectivity index (χ4v) is 4.27. The van der Waals surface area contributed by atoms with Crippen LogP contribution >= 0.6 is 23.2 Å². The van der Waals surface area contributed by atoms with E-state index in [1.165, 1.54) is 0 Å². The minimum absolute atomic E-state index is 0.0170. The minimum atomic E-state index is -4.13. The summed E-state index contributed by atoms with van der Waals surface area (Å²) in [5.74, 6) is -2.14. The molecule has 0 unspecified atom stereocenters. The maximum Gasteiger partial charge on any atom is 0.256 e. The van der Waals surface area contributed by atoms with Crippen LogP contribution in [0.15, 0.2) is 47.5 Å². The molecule has 0 saturated carbocycles. The second-order valence-corrected chi connectivity index (χ2v) is 8.77. The number of amides is 1. The van der Waals surface area contributed by atoms with Gasteiger partial charge in [0, 0.05) is 35.6 Å². The van der Waals surface area contributed by atoms with E-state index in [9.17, 15) is 22.7 Å². The molecule has 0 aliphatic heterocycles. The van der Waals surface area contributed by atoms with Crippen LogP contribution in [-0.2, 0) is 16.6 Å². The van der Waals surface area contributed by atoms with E-state index in [1.807, 2.05) is 0 Å². The molecule has 11 heteroatoms. The van der Waals surface area contributed by atoms with Crippen LogP contribution in [0, 0.1) is 5.82 Å². The molecule has 1 amide bonds. The standard InChI is InChI=1S/C19H16Cl2FN3O4S/c20-5-6-25-30(28,29)16-8-13(22)7-14-17(16)23-10-15(18(14)26)19(27)24-9-11-1-3-12(21)4-2-11/h1-4,7-8,10,25H,5-6,9H2,(H,23,26)(H,24,27). The molecule has 3 N–H and O–H groups in total. The third-order valence-corrected chi connectivity index (χ3v) is 6.08. The zero-order valence-electron chi connectivity index (χ0n) is 15.3. The Labute approximate surface area is 181 Å². The average molecular weight is 472 g/mol. The van der Waals surface area contributed by atoms with Crippen LogP contribution < -0.4 is 10.0 Å². The maximum atomic E-state index is 14.1. The lowest BCUT2D eigenvalue weighted by molar-refractivity contribution is 0.0948. The van der Waals surface area contributed by atoms with Gasteiger partial charge in [-0.25, -0.2) is 17.5 Å². The summed E-state index contributed by atoms with van der Waals surface area (Å²) in [4.78, 5) is 16.0. The topological polar surface area (TPSA) is 108 Å². The highest BCUT2D eigenvalue weighted by atomic mass is 35.5. The zero-order chi connectivity index (χ0) is 21.9. The van der Waals surface area contributed by atoms with Gasteiger partial charge in [-0.3, -0.25) is 9.78 Å².